The monoisotopic (exact) mass is 534 g/mol. The van der Waals surface area contributed by atoms with Crippen LogP contribution in [0.2, 0.25) is 0 Å². The number of carbonyl (C=O) groups excluding carboxylic acids is 3. The Kier molecular flexibility index (Phi) is 8.07. The van der Waals surface area contributed by atoms with Crippen molar-refractivity contribution in [3.8, 4) is 17.2 Å². The predicted octanol–water partition coefficient (Wildman–Crippen LogP) is 3.39. The van der Waals surface area contributed by atoms with Crippen LogP contribution in [0.1, 0.15) is 16.8 Å². The third-order valence-electron chi connectivity index (χ3n) is 5.87. The van der Waals surface area contributed by atoms with E-state index in [2.05, 4.69) is 10.7 Å². The van der Waals surface area contributed by atoms with Crippen molar-refractivity contribution in [2.75, 3.05) is 31.5 Å². The van der Waals surface area contributed by atoms with Crippen molar-refractivity contribution in [2.45, 2.75) is 12.5 Å². The van der Waals surface area contributed by atoms with E-state index in [0.29, 0.717) is 34.2 Å². The van der Waals surface area contributed by atoms with Gasteiger partial charge in [0, 0.05) is 11.3 Å². The van der Waals surface area contributed by atoms with Crippen LogP contribution < -0.4 is 29.9 Å². The van der Waals surface area contributed by atoms with Crippen molar-refractivity contribution in [3.63, 3.8) is 0 Å². The molecule has 4 rings (SSSR count). The van der Waals surface area contributed by atoms with E-state index >= 15 is 0 Å². The molecule has 0 radical (unpaired) electrons. The number of hydrogen-bond donors (Lipinski definition) is 2. The summed E-state index contributed by atoms with van der Waals surface area (Å²) in [6.45, 7) is 0. The van der Waals surface area contributed by atoms with Crippen LogP contribution in [-0.4, -0.2) is 55.2 Å². The minimum absolute atomic E-state index is 0.0317. The second-order valence-electron chi connectivity index (χ2n) is 8.19. The second-order valence-corrected chi connectivity index (χ2v) is 8.56. The third kappa shape index (κ3) is 5.68. The molecular weight excluding hydrogens is 508 g/mol. The van der Waals surface area contributed by atoms with Gasteiger partial charge in [0.15, 0.2) is 0 Å². The molecular formula is C27H26N4O6S. The summed E-state index contributed by atoms with van der Waals surface area (Å²) in [5.74, 6) is 0.442. The molecule has 0 spiro atoms. The van der Waals surface area contributed by atoms with Gasteiger partial charge in [-0.25, -0.2) is 5.01 Å². The Hall–Kier alpha value is -4.64. The average molecular weight is 535 g/mol. The molecule has 3 aromatic carbocycles. The average Bonchev–Trinajstić information content (AvgIpc) is 3.17. The standard InChI is InChI=1S/C27H26N4O6S/c1-35-20-10-4-17(5-11-20)25(33)29-31-23(16-24(32)28-18-6-12-21(36-2)13-7-18)26(34)30(27(31)38)19-8-14-22(37-3)15-9-19/h4-15,23H,16H2,1-3H3,(H,28,32)(H,29,33). The molecule has 38 heavy (non-hydrogen) atoms. The molecule has 0 aliphatic carbocycles. The van der Waals surface area contributed by atoms with Crippen molar-refractivity contribution in [2.24, 2.45) is 0 Å². The zero-order chi connectivity index (χ0) is 27.2. The van der Waals surface area contributed by atoms with Crippen LogP contribution in [0, 0.1) is 0 Å². The first kappa shape index (κ1) is 26.4. The fraction of sp³-hybridized carbons (Fsp3) is 0.185. The van der Waals surface area contributed by atoms with Gasteiger partial charge in [-0.3, -0.25) is 24.7 Å². The molecule has 1 heterocycles. The van der Waals surface area contributed by atoms with Gasteiger partial charge in [-0.15, -0.1) is 0 Å². The predicted molar refractivity (Wildman–Crippen MR) is 145 cm³/mol. The first-order valence-electron chi connectivity index (χ1n) is 11.5. The molecule has 1 saturated heterocycles. The Morgan fingerprint density at radius 2 is 1.32 bits per heavy atom. The Bertz CT molecular complexity index is 1330. The van der Waals surface area contributed by atoms with E-state index in [1.54, 1.807) is 79.9 Å². The minimum atomic E-state index is -1.08. The summed E-state index contributed by atoms with van der Waals surface area (Å²) in [7, 11) is 4.61. The lowest BCUT2D eigenvalue weighted by atomic mass is 10.1. The Morgan fingerprint density at radius 3 is 1.84 bits per heavy atom. The van der Waals surface area contributed by atoms with Crippen molar-refractivity contribution in [1.82, 2.24) is 10.4 Å². The van der Waals surface area contributed by atoms with Crippen LogP contribution in [0.25, 0.3) is 0 Å². The highest BCUT2D eigenvalue weighted by molar-refractivity contribution is 7.80. The molecule has 1 aliphatic heterocycles. The quantitative estimate of drug-likeness (QED) is 0.402. The highest BCUT2D eigenvalue weighted by atomic mass is 32.1. The van der Waals surface area contributed by atoms with Crippen LogP contribution in [0.4, 0.5) is 11.4 Å². The first-order valence-corrected chi connectivity index (χ1v) is 12.0. The van der Waals surface area contributed by atoms with E-state index in [4.69, 9.17) is 26.4 Å². The molecule has 196 valence electrons. The number of benzene rings is 3. The van der Waals surface area contributed by atoms with Crippen molar-refractivity contribution < 1.29 is 28.6 Å². The van der Waals surface area contributed by atoms with Gasteiger partial charge in [0.2, 0.25) is 11.0 Å². The van der Waals surface area contributed by atoms with Gasteiger partial charge < -0.3 is 19.5 Å². The maximum absolute atomic E-state index is 13.6. The third-order valence-corrected chi connectivity index (χ3v) is 6.25. The van der Waals surface area contributed by atoms with Crippen LogP contribution in [-0.2, 0) is 9.59 Å². The van der Waals surface area contributed by atoms with Gasteiger partial charge in [-0.1, -0.05) is 0 Å². The highest BCUT2D eigenvalue weighted by Gasteiger charge is 2.45. The van der Waals surface area contributed by atoms with Crippen molar-refractivity contribution in [1.29, 1.82) is 0 Å². The van der Waals surface area contributed by atoms with E-state index < -0.39 is 23.8 Å². The summed E-state index contributed by atoms with van der Waals surface area (Å²) in [4.78, 5) is 40.8. The molecule has 3 aromatic rings. The van der Waals surface area contributed by atoms with Gasteiger partial charge in [-0.2, -0.15) is 0 Å². The maximum atomic E-state index is 13.6. The Balaban J connectivity index is 1.58. The number of hydrazine groups is 1. The second kappa shape index (κ2) is 11.6. The van der Waals surface area contributed by atoms with E-state index in [0.717, 1.165) is 0 Å². The van der Waals surface area contributed by atoms with Gasteiger partial charge in [0.1, 0.15) is 23.3 Å². The number of nitrogens with one attached hydrogen (secondary N) is 2. The topological polar surface area (TPSA) is 109 Å². The summed E-state index contributed by atoms with van der Waals surface area (Å²) in [6, 6.07) is 18.9. The normalized spacial score (nSPS) is 14.8. The lowest BCUT2D eigenvalue weighted by Gasteiger charge is -2.24. The molecule has 1 unspecified atom stereocenters. The fourth-order valence-corrected chi connectivity index (χ4v) is 4.21. The molecule has 11 heteroatoms. The maximum Gasteiger partial charge on any atom is 0.269 e. The Morgan fingerprint density at radius 1 is 0.816 bits per heavy atom. The number of ether oxygens (including phenoxy) is 3. The first-order chi connectivity index (χ1) is 18.3. The molecule has 10 nitrogen and oxygen atoms in total. The number of thiocarbonyl (C=S) groups is 1. The minimum Gasteiger partial charge on any atom is -0.497 e. The fourth-order valence-electron chi connectivity index (χ4n) is 3.85. The number of nitrogens with zero attached hydrogens (tertiary/aromatic N) is 2. The van der Waals surface area contributed by atoms with Crippen LogP contribution in [0.5, 0.6) is 17.2 Å². The van der Waals surface area contributed by atoms with Gasteiger partial charge in [-0.05, 0) is 85.0 Å². The van der Waals surface area contributed by atoms with E-state index in [1.165, 1.54) is 24.1 Å². The van der Waals surface area contributed by atoms with Gasteiger partial charge in [0.25, 0.3) is 11.8 Å². The molecule has 0 aromatic heterocycles. The number of amides is 3. The summed E-state index contributed by atoms with van der Waals surface area (Å²) in [5.41, 5.74) is 4.03. The molecule has 1 fully saturated rings. The Labute approximate surface area is 225 Å². The van der Waals surface area contributed by atoms with Gasteiger partial charge in [0.05, 0.1) is 33.4 Å². The van der Waals surface area contributed by atoms with Crippen LogP contribution in [0.15, 0.2) is 72.8 Å². The smallest absolute Gasteiger partial charge is 0.269 e. The zero-order valence-corrected chi connectivity index (χ0v) is 21.8. The molecule has 0 saturated carbocycles. The molecule has 3 amide bonds. The largest absolute Gasteiger partial charge is 0.497 e. The number of methoxy groups -OCH3 is 3. The van der Waals surface area contributed by atoms with E-state index in [9.17, 15) is 14.4 Å². The molecule has 1 atom stereocenters. The SMILES string of the molecule is COc1ccc(NC(=O)CC2C(=O)N(c3ccc(OC)cc3)C(=S)N2NC(=O)c2ccc(OC)cc2)cc1. The number of anilines is 2. The van der Waals surface area contributed by atoms with Gasteiger partial charge >= 0.3 is 0 Å². The molecule has 2 N–H and O–H groups in total. The van der Waals surface area contributed by atoms with Crippen LogP contribution >= 0.6 is 12.2 Å². The lowest BCUT2D eigenvalue weighted by Crippen LogP contribution is -2.49. The van der Waals surface area contributed by atoms with E-state index in [1.807, 2.05) is 0 Å². The molecule has 0 bridgehead atoms. The zero-order valence-electron chi connectivity index (χ0n) is 21.0. The summed E-state index contributed by atoms with van der Waals surface area (Å²) in [5, 5.41) is 4.05. The summed E-state index contributed by atoms with van der Waals surface area (Å²) in [6.07, 6.45) is -0.263. The number of hydrogen-bond acceptors (Lipinski definition) is 7. The summed E-state index contributed by atoms with van der Waals surface area (Å²) >= 11 is 5.60. The molecule has 1 aliphatic rings. The summed E-state index contributed by atoms with van der Waals surface area (Å²) < 4.78 is 15.5. The van der Waals surface area contributed by atoms with Crippen molar-refractivity contribution >= 4 is 46.4 Å². The lowest BCUT2D eigenvalue weighted by molar-refractivity contribution is -0.124. The van der Waals surface area contributed by atoms with E-state index in [-0.39, 0.29) is 11.5 Å². The highest BCUT2D eigenvalue weighted by Crippen LogP contribution is 2.28. The number of carbonyl (C=O) groups is 3. The van der Waals surface area contributed by atoms with Crippen LogP contribution in [0.3, 0.4) is 0 Å². The van der Waals surface area contributed by atoms with Crippen molar-refractivity contribution in [3.05, 3.63) is 78.4 Å². The number of rotatable bonds is 9.